The first kappa shape index (κ1) is 27.2. The van der Waals surface area contributed by atoms with E-state index in [2.05, 4.69) is 159 Å². The van der Waals surface area contributed by atoms with Gasteiger partial charge in [-0.05, 0) is 136 Å². The van der Waals surface area contributed by atoms with E-state index in [-0.39, 0.29) is 5.41 Å². The van der Waals surface area contributed by atoms with Gasteiger partial charge >= 0.3 is 0 Å². The van der Waals surface area contributed by atoms with Crippen molar-refractivity contribution in [3.63, 3.8) is 0 Å². The van der Waals surface area contributed by atoms with E-state index < -0.39 is 0 Å². The van der Waals surface area contributed by atoms with Gasteiger partial charge in [-0.3, -0.25) is 0 Å². The molecule has 0 nitrogen and oxygen atoms in total. The minimum atomic E-state index is -0.180. The first-order chi connectivity index (χ1) is 22.5. The van der Waals surface area contributed by atoms with Crippen LogP contribution in [0.1, 0.15) is 25.0 Å². The van der Waals surface area contributed by atoms with Crippen LogP contribution < -0.4 is 0 Å². The molecule has 8 aromatic rings. The molecule has 0 fully saturated rings. The van der Waals surface area contributed by atoms with E-state index in [1.807, 2.05) is 6.07 Å². The zero-order chi connectivity index (χ0) is 31.0. The zero-order valence-corrected chi connectivity index (χ0v) is 26.6. The Balaban J connectivity index is 1.30. The van der Waals surface area contributed by atoms with E-state index in [0.717, 1.165) is 5.02 Å². The molecule has 0 unspecified atom stereocenters. The molecule has 0 atom stereocenters. The molecule has 0 bridgehead atoms. The average Bonchev–Trinajstić information content (AvgIpc) is 3.34. The molecule has 9 rings (SSSR count). The van der Waals surface area contributed by atoms with Crippen LogP contribution in [0.15, 0.2) is 152 Å². The van der Waals surface area contributed by atoms with Crippen molar-refractivity contribution in [1.29, 1.82) is 0 Å². The van der Waals surface area contributed by atoms with Gasteiger partial charge in [0.15, 0.2) is 0 Å². The summed E-state index contributed by atoms with van der Waals surface area (Å²) < 4.78 is 0. The van der Waals surface area contributed by atoms with Crippen LogP contribution in [0.4, 0.5) is 0 Å². The van der Waals surface area contributed by atoms with Crippen LogP contribution in [-0.4, -0.2) is 0 Å². The molecule has 218 valence electrons. The predicted molar refractivity (Wildman–Crippen MR) is 198 cm³/mol. The van der Waals surface area contributed by atoms with Crippen LogP contribution in [0, 0.1) is 0 Å². The van der Waals surface area contributed by atoms with E-state index in [4.69, 9.17) is 11.6 Å². The Morgan fingerprint density at radius 3 is 1.28 bits per heavy atom. The summed E-state index contributed by atoms with van der Waals surface area (Å²) in [5.74, 6) is 0. The lowest BCUT2D eigenvalue weighted by Gasteiger charge is -2.23. The van der Waals surface area contributed by atoms with Crippen LogP contribution in [0.2, 0.25) is 5.02 Å². The Bertz CT molecular complexity index is 2490. The van der Waals surface area contributed by atoms with Crippen molar-refractivity contribution in [3.05, 3.63) is 168 Å². The first-order valence-corrected chi connectivity index (χ1v) is 16.3. The number of rotatable bonds is 4. The first-order valence-electron chi connectivity index (χ1n) is 16.0. The number of hydrogen-bond donors (Lipinski definition) is 0. The van der Waals surface area contributed by atoms with Crippen molar-refractivity contribution in [1.82, 2.24) is 0 Å². The maximum atomic E-state index is 6.73. The summed E-state index contributed by atoms with van der Waals surface area (Å²) in [6.45, 7) is 4.78. The average molecular weight is 607 g/mol. The third-order valence-corrected chi connectivity index (χ3v) is 10.3. The van der Waals surface area contributed by atoms with Crippen LogP contribution >= 0.6 is 11.6 Å². The Morgan fingerprint density at radius 1 is 0.348 bits per heavy atom. The molecule has 0 saturated carbocycles. The molecule has 1 aliphatic rings. The molecule has 46 heavy (non-hydrogen) atoms. The van der Waals surface area contributed by atoms with Gasteiger partial charge < -0.3 is 0 Å². The van der Waals surface area contributed by atoms with Crippen LogP contribution in [0.25, 0.3) is 76.8 Å². The van der Waals surface area contributed by atoms with E-state index in [1.54, 1.807) is 0 Å². The summed E-state index contributed by atoms with van der Waals surface area (Å²) in [7, 11) is 0. The second kappa shape index (κ2) is 10.2. The monoisotopic (exact) mass is 606 g/mol. The molecule has 0 radical (unpaired) electrons. The zero-order valence-electron chi connectivity index (χ0n) is 25.8. The fraction of sp³-hybridized carbons (Fsp3) is 0.0667. The standard InChI is InChI=1S/C45H31Cl/c1-45(2)41-25-34(32-17-9-15-30(21-32)28-11-5-3-6-12-28)23-39-37-20-19-36(46)27-38(37)40-24-35(26-42(45)44(40)43(39)41)33-18-10-16-31(22-33)29-13-7-4-8-14-29/h3-27H,1-2H3. The van der Waals surface area contributed by atoms with Gasteiger partial charge in [0, 0.05) is 10.4 Å². The molecule has 0 amide bonds. The van der Waals surface area contributed by atoms with Crippen LogP contribution in [0.5, 0.6) is 0 Å². The van der Waals surface area contributed by atoms with Crippen molar-refractivity contribution in [2.24, 2.45) is 0 Å². The lowest BCUT2D eigenvalue weighted by atomic mass is 9.80. The van der Waals surface area contributed by atoms with Crippen LogP contribution in [-0.2, 0) is 5.41 Å². The predicted octanol–water partition coefficient (Wildman–Crippen LogP) is 13.1. The lowest BCUT2D eigenvalue weighted by molar-refractivity contribution is 0.663. The van der Waals surface area contributed by atoms with E-state index in [1.165, 1.54) is 88.0 Å². The van der Waals surface area contributed by atoms with E-state index >= 15 is 0 Å². The van der Waals surface area contributed by atoms with Gasteiger partial charge in [0.25, 0.3) is 0 Å². The Hall–Kier alpha value is -5.17. The van der Waals surface area contributed by atoms with Crippen molar-refractivity contribution < 1.29 is 0 Å². The molecule has 8 aromatic carbocycles. The maximum Gasteiger partial charge on any atom is 0.0412 e. The van der Waals surface area contributed by atoms with Crippen molar-refractivity contribution in [2.75, 3.05) is 0 Å². The Morgan fingerprint density at radius 2 is 0.783 bits per heavy atom. The molecule has 0 spiro atoms. The maximum absolute atomic E-state index is 6.73. The number of benzene rings is 8. The Labute approximate surface area is 274 Å². The van der Waals surface area contributed by atoms with Gasteiger partial charge in [0.1, 0.15) is 0 Å². The molecule has 0 saturated heterocycles. The summed E-state index contributed by atoms with van der Waals surface area (Å²) in [5, 5.41) is 8.51. The Kier molecular flexibility index (Phi) is 6.01. The topological polar surface area (TPSA) is 0 Å². The van der Waals surface area contributed by atoms with Gasteiger partial charge in [0.05, 0.1) is 0 Å². The highest BCUT2D eigenvalue weighted by atomic mass is 35.5. The number of fused-ring (bicyclic) bond motifs is 3. The SMILES string of the molecule is CC1(C)c2cc(-c3cccc(-c4ccccc4)c3)cc3c4ccc(Cl)cc4c4cc(-c5cccc(-c6ccccc6)c5)cc1c4c23. The van der Waals surface area contributed by atoms with Gasteiger partial charge in [-0.25, -0.2) is 0 Å². The molecule has 0 aliphatic heterocycles. The number of hydrogen-bond acceptors (Lipinski definition) is 0. The van der Waals surface area contributed by atoms with Crippen molar-refractivity contribution in [3.8, 4) is 44.5 Å². The van der Waals surface area contributed by atoms with Gasteiger partial charge in [0.2, 0.25) is 0 Å². The molecule has 1 aliphatic carbocycles. The second-order valence-corrected chi connectivity index (χ2v) is 13.5. The highest BCUT2D eigenvalue weighted by Crippen LogP contribution is 2.54. The third-order valence-electron chi connectivity index (χ3n) is 10.0. The van der Waals surface area contributed by atoms with Gasteiger partial charge in [-0.2, -0.15) is 0 Å². The molecular weight excluding hydrogens is 576 g/mol. The molecular formula is C45H31Cl. The highest BCUT2D eigenvalue weighted by molar-refractivity contribution is 6.34. The third kappa shape index (κ3) is 4.14. The van der Waals surface area contributed by atoms with Gasteiger partial charge in [-0.15, -0.1) is 0 Å². The van der Waals surface area contributed by atoms with Crippen LogP contribution in [0.3, 0.4) is 0 Å². The highest BCUT2D eigenvalue weighted by Gasteiger charge is 2.36. The molecule has 0 aromatic heterocycles. The molecule has 0 N–H and O–H groups in total. The fourth-order valence-electron chi connectivity index (χ4n) is 7.70. The summed E-state index contributed by atoms with van der Waals surface area (Å²) >= 11 is 6.73. The van der Waals surface area contributed by atoms with Gasteiger partial charge in [-0.1, -0.05) is 129 Å². The largest absolute Gasteiger partial charge is 0.0843 e. The smallest absolute Gasteiger partial charge is 0.0412 e. The van der Waals surface area contributed by atoms with Crippen molar-refractivity contribution >= 4 is 43.9 Å². The molecule has 0 heterocycles. The van der Waals surface area contributed by atoms with E-state index in [9.17, 15) is 0 Å². The van der Waals surface area contributed by atoms with Crippen molar-refractivity contribution in [2.45, 2.75) is 19.3 Å². The summed E-state index contributed by atoms with van der Waals surface area (Å²) in [6, 6.07) is 55.3. The number of halogens is 1. The lowest BCUT2D eigenvalue weighted by Crippen LogP contribution is -2.15. The normalized spacial score (nSPS) is 13.3. The summed E-state index contributed by atoms with van der Waals surface area (Å²) in [6.07, 6.45) is 0. The fourth-order valence-corrected chi connectivity index (χ4v) is 7.88. The molecule has 1 heteroatoms. The summed E-state index contributed by atoms with van der Waals surface area (Å²) in [5.41, 5.74) is 12.4. The minimum Gasteiger partial charge on any atom is -0.0843 e. The minimum absolute atomic E-state index is 0.180. The quantitative estimate of drug-likeness (QED) is 0.175. The summed E-state index contributed by atoms with van der Waals surface area (Å²) in [4.78, 5) is 0. The second-order valence-electron chi connectivity index (χ2n) is 13.1. The van der Waals surface area contributed by atoms with E-state index in [0.29, 0.717) is 0 Å².